The summed E-state index contributed by atoms with van der Waals surface area (Å²) >= 11 is 0. The lowest BCUT2D eigenvalue weighted by atomic mass is 10.2. The van der Waals surface area contributed by atoms with Gasteiger partial charge in [-0.3, -0.25) is 15.0 Å². The second-order valence-electron chi connectivity index (χ2n) is 8.83. The Balaban J connectivity index is 0.000000252. The first-order valence-corrected chi connectivity index (χ1v) is 13.5. The molecule has 5 heterocycles. The minimum absolute atomic E-state index is 0.822. The van der Waals surface area contributed by atoms with Gasteiger partial charge in [0.1, 0.15) is 12.2 Å². The number of pyridine rings is 3. The quantitative estimate of drug-likeness (QED) is 0.188. The molecule has 0 amide bonds. The number of hydrogen-bond donors (Lipinski definition) is 0. The van der Waals surface area contributed by atoms with Crippen molar-refractivity contribution in [1.82, 2.24) is 34.9 Å². The summed E-state index contributed by atoms with van der Waals surface area (Å²) in [7, 11) is 0. The van der Waals surface area contributed by atoms with Gasteiger partial charge in [0.15, 0.2) is 0 Å². The molecule has 7 heteroatoms. The molecule has 42 heavy (non-hydrogen) atoms. The van der Waals surface area contributed by atoms with Gasteiger partial charge in [-0.05, 0) is 95.1 Å². The van der Waals surface area contributed by atoms with Crippen LogP contribution in [0, 0.1) is 41.5 Å². The first-order valence-electron chi connectivity index (χ1n) is 13.5. The molecule has 216 valence electrons. The van der Waals surface area contributed by atoms with Gasteiger partial charge in [-0.25, -0.2) is 19.9 Å². The van der Waals surface area contributed by atoms with E-state index in [1.54, 1.807) is 49.4 Å². The maximum Gasteiger partial charge on any atom is 0.125 e. The summed E-state index contributed by atoms with van der Waals surface area (Å²) in [5, 5.41) is 0. The Kier molecular flexibility index (Phi) is 19.7. The van der Waals surface area contributed by atoms with Gasteiger partial charge >= 0.3 is 0 Å². The van der Waals surface area contributed by atoms with Crippen molar-refractivity contribution >= 4 is 0 Å². The molecule has 0 N–H and O–H groups in total. The van der Waals surface area contributed by atoms with Gasteiger partial charge in [0.05, 0.1) is 0 Å². The minimum atomic E-state index is 0.822. The van der Waals surface area contributed by atoms with E-state index in [-0.39, 0.29) is 0 Å². The van der Waals surface area contributed by atoms with Crippen LogP contribution >= 0.6 is 0 Å². The average Bonchev–Trinajstić information content (AvgIpc) is 3.01. The molecule has 0 aliphatic rings. The predicted molar refractivity (Wildman–Crippen MR) is 172 cm³/mol. The molecule has 0 unspecified atom stereocenters. The van der Waals surface area contributed by atoms with E-state index in [1.165, 1.54) is 23.0 Å². The van der Waals surface area contributed by atoms with E-state index >= 15 is 0 Å². The van der Waals surface area contributed by atoms with Crippen LogP contribution in [0.1, 0.15) is 33.9 Å². The van der Waals surface area contributed by atoms with Gasteiger partial charge in [0, 0.05) is 61.0 Å². The molecule has 6 aromatic rings. The van der Waals surface area contributed by atoms with Crippen LogP contribution in [0.15, 0.2) is 141 Å². The summed E-state index contributed by atoms with van der Waals surface area (Å²) in [6.45, 7) is 11.9. The zero-order valence-electron chi connectivity index (χ0n) is 25.4. The molecule has 0 bridgehead atoms. The van der Waals surface area contributed by atoms with E-state index in [2.05, 4.69) is 53.9 Å². The van der Waals surface area contributed by atoms with Crippen molar-refractivity contribution in [3.8, 4) is 0 Å². The molecule has 0 atom stereocenters. The fourth-order valence-corrected chi connectivity index (χ4v) is 2.59. The molecule has 0 aliphatic carbocycles. The number of aryl methyl sites for hydroxylation is 6. The Hall–Kier alpha value is -5.17. The Labute approximate surface area is 250 Å². The second-order valence-corrected chi connectivity index (χ2v) is 8.83. The molecule has 1 aromatic carbocycles. The van der Waals surface area contributed by atoms with Crippen LogP contribution < -0.4 is 0 Å². The summed E-state index contributed by atoms with van der Waals surface area (Å²) in [5.74, 6) is 0.822. The first kappa shape index (κ1) is 34.9. The van der Waals surface area contributed by atoms with Crippen LogP contribution in [0.4, 0.5) is 0 Å². The highest BCUT2D eigenvalue weighted by Crippen LogP contribution is 1.92. The van der Waals surface area contributed by atoms with Crippen molar-refractivity contribution in [1.29, 1.82) is 0 Å². The minimum Gasteiger partial charge on any atom is -0.265 e. The summed E-state index contributed by atoms with van der Waals surface area (Å²) in [4.78, 5) is 27.0. The smallest absolute Gasteiger partial charge is 0.125 e. The van der Waals surface area contributed by atoms with Crippen molar-refractivity contribution in [2.24, 2.45) is 0 Å². The molecule has 5 aromatic heterocycles. The van der Waals surface area contributed by atoms with Crippen LogP contribution in [-0.2, 0) is 0 Å². The number of hydrogen-bond acceptors (Lipinski definition) is 7. The second kappa shape index (κ2) is 23.7. The molecule has 0 aliphatic heterocycles. The van der Waals surface area contributed by atoms with Crippen molar-refractivity contribution < 1.29 is 0 Å². The molecular weight excluding hydrogens is 518 g/mol. The summed E-state index contributed by atoms with van der Waals surface area (Å²) in [5.41, 5.74) is 5.87. The summed E-state index contributed by atoms with van der Waals surface area (Å²) in [6, 6.07) is 27.7. The summed E-state index contributed by atoms with van der Waals surface area (Å²) in [6.07, 6.45) is 15.7. The van der Waals surface area contributed by atoms with Crippen molar-refractivity contribution in [2.45, 2.75) is 41.5 Å². The van der Waals surface area contributed by atoms with Gasteiger partial charge in [0.2, 0.25) is 0 Å². The van der Waals surface area contributed by atoms with Crippen LogP contribution in [-0.4, -0.2) is 34.9 Å². The topological polar surface area (TPSA) is 90.2 Å². The van der Waals surface area contributed by atoms with Gasteiger partial charge < -0.3 is 0 Å². The Morgan fingerprint density at radius 2 is 0.929 bits per heavy atom. The fourth-order valence-electron chi connectivity index (χ4n) is 2.59. The number of aromatic nitrogens is 7. The highest BCUT2D eigenvalue weighted by molar-refractivity contribution is 5.11. The summed E-state index contributed by atoms with van der Waals surface area (Å²) < 4.78 is 0. The largest absolute Gasteiger partial charge is 0.265 e. The Morgan fingerprint density at radius 3 is 1.21 bits per heavy atom. The third kappa shape index (κ3) is 21.7. The average molecular weight is 560 g/mol. The zero-order chi connectivity index (χ0) is 30.7. The lowest BCUT2D eigenvalue weighted by Gasteiger charge is -1.82. The molecular formula is C35H41N7. The maximum atomic E-state index is 3.98. The maximum absolute atomic E-state index is 3.98. The van der Waals surface area contributed by atoms with E-state index in [4.69, 9.17) is 0 Å². The van der Waals surface area contributed by atoms with E-state index in [1.807, 2.05) is 108 Å². The van der Waals surface area contributed by atoms with Crippen LogP contribution in [0.3, 0.4) is 0 Å². The first-order chi connectivity index (χ1) is 20.4. The van der Waals surface area contributed by atoms with E-state index in [9.17, 15) is 0 Å². The standard InChI is InChI=1S/C7H8.3C6H7N.2C5H6N2/c1-7-5-3-2-4-6-7;1-6-2-4-7-5-3-6;1-6-3-2-4-7-5-6;1-6-4-2-3-5-7-6;1-5-2-3-6-4-7-5;1-5-6-3-2-4-7-5/h2-6H,1H3;3*2-5H,1H3;2*2-4H,1H3. The lowest BCUT2D eigenvalue weighted by Crippen LogP contribution is -1.80. The molecule has 0 saturated heterocycles. The van der Waals surface area contributed by atoms with Gasteiger partial charge in [-0.1, -0.05) is 48.0 Å². The van der Waals surface area contributed by atoms with E-state index < -0.39 is 0 Å². The lowest BCUT2D eigenvalue weighted by molar-refractivity contribution is 1.05. The third-order valence-corrected chi connectivity index (χ3v) is 4.83. The van der Waals surface area contributed by atoms with Gasteiger partial charge in [-0.15, -0.1) is 0 Å². The predicted octanol–water partition coefficient (Wildman–Crippen LogP) is 7.74. The third-order valence-electron chi connectivity index (χ3n) is 4.83. The SMILES string of the molecule is Cc1ccccc1.Cc1ccccn1.Cc1cccnc1.Cc1ccncc1.Cc1ccncn1.Cc1ncccn1. The number of benzene rings is 1. The molecule has 0 radical (unpaired) electrons. The normalized spacial score (nSPS) is 8.71. The highest BCUT2D eigenvalue weighted by atomic mass is 14.8. The number of nitrogens with zero attached hydrogens (tertiary/aromatic N) is 7. The Morgan fingerprint density at radius 1 is 0.357 bits per heavy atom. The van der Waals surface area contributed by atoms with E-state index in [0.717, 1.165) is 17.2 Å². The van der Waals surface area contributed by atoms with E-state index in [0.29, 0.717) is 0 Å². The number of rotatable bonds is 0. The van der Waals surface area contributed by atoms with Crippen molar-refractivity contribution in [2.75, 3.05) is 0 Å². The van der Waals surface area contributed by atoms with Crippen molar-refractivity contribution in [3.05, 3.63) is 175 Å². The Bertz CT molecular complexity index is 1100. The van der Waals surface area contributed by atoms with Gasteiger partial charge in [0.25, 0.3) is 0 Å². The van der Waals surface area contributed by atoms with Crippen LogP contribution in [0.25, 0.3) is 0 Å². The fraction of sp³-hybridized carbons (Fsp3) is 0.171. The zero-order valence-corrected chi connectivity index (χ0v) is 25.4. The highest BCUT2D eigenvalue weighted by Gasteiger charge is 1.76. The molecule has 0 spiro atoms. The van der Waals surface area contributed by atoms with Gasteiger partial charge in [-0.2, -0.15) is 0 Å². The van der Waals surface area contributed by atoms with Crippen LogP contribution in [0.2, 0.25) is 0 Å². The monoisotopic (exact) mass is 559 g/mol. The van der Waals surface area contributed by atoms with Crippen molar-refractivity contribution in [3.63, 3.8) is 0 Å². The molecule has 0 saturated carbocycles. The molecule has 6 rings (SSSR count). The molecule has 7 nitrogen and oxygen atoms in total. The van der Waals surface area contributed by atoms with Crippen LogP contribution in [0.5, 0.6) is 0 Å². The molecule has 0 fully saturated rings.